The summed E-state index contributed by atoms with van der Waals surface area (Å²) in [5, 5.41) is 0. The quantitative estimate of drug-likeness (QED) is 0.558. The number of rotatable bonds is 2. The van der Waals surface area contributed by atoms with Crippen LogP contribution in [0.5, 0.6) is 0 Å². The van der Waals surface area contributed by atoms with E-state index < -0.39 is 17.8 Å². The lowest BCUT2D eigenvalue weighted by molar-refractivity contribution is -0.134. The lowest BCUT2D eigenvalue weighted by atomic mass is 9.82. The van der Waals surface area contributed by atoms with E-state index in [0.29, 0.717) is 6.61 Å². The number of hydrogen-bond donors (Lipinski definition) is 0. The van der Waals surface area contributed by atoms with Crippen molar-refractivity contribution < 1.29 is 23.9 Å². The van der Waals surface area contributed by atoms with E-state index in [1.807, 2.05) is 0 Å². The molecule has 0 radical (unpaired) electrons. The van der Waals surface area contributed by atoms with Crippen LogP contribution in [0.1, 0.15) is 19.3 Å². The van der Waals surface area contributed by atoms with Crippen LogP contribution in [0.25, 0.3) is 0 Å². The first kappa shape index (κ1) is 16.9. The van der Waals surface area contributed by atoms with Crippen molar-refractivity contribution in [1.29, 1.82) is 0 Å². The van der Waals surface area contributed by atoms with Gasteiger partial charge in [-0.15, -0.1) is 0 Å². The topological polar surface area (TPSA) is 76.2 Å². The van der Waals surface area contributed by atoms with Crippen molar-refractivity contribution in [3.63, 3.8) is 0 Å². The van der Waals surface area contributed by atoms with Gasteiger partial charge in [0.2, 0.25) is 0 Å². The van der Waals surface area contributed by atoms with Gasteiger partial charge in [-0.25, -0.2) is 4.79 Å². The molecule has 1 saturated heterocycles. The van der Waals surface area contributed by atoms with Crippen LogP contribution in [0, 0.1) is 5.92 Å². The standard InChI is InChI=1S/C17H22N2O5/c1-18-15(20)13(16(21)19(2)17(18)22)7-10-6-11-4-5-12(23-3)8-14(11)24-9-10/h6-7,11-12,14H,4-5,8-9H2,1-3H3. The summed E-state index contributed by atoms with van der Waals surface area (Å²) in [5.41, 5.74) is 0.804. The Balaban J connectivity index is 1.81. The summed E-state index contributed by atoms with van der Waals surface area (Å²) in [6.45, 7) is 0.350. The van der Waals surface area contributed by atoms with Gasteiger partial charge in [0.15, 0.2) is 0 Å². The number of hydrogen-bond acceptors (Lipinski definition) is 5. The fourth-order valence-electron chi connectivity index (χ4n) is 3.49. The average molecular weight is 334 g/mol. The Labute approximate surface area is 140 Å². The van der Waals surface area contributed by atoms with Crippen LogP contribution in [0.15, 0.2) is 23.3 Å². The SMILES string of the molecule is COC1CCC2C=C(C=C3C(=O)N(C)C(=O)N(C)C3=O)COC2C1. The molecule has 1 saturated carbocycles. The predicted octanol–water partition coefficient (Wildman–Crippen LogP) is 1.10. The number of amides is 4. The first-order chi connectivity index (χ1) is 11.4. The number of carbonyl (C=O) groups is 3. The maximum absolute atomic E-state index is 12.2. The van der Waals surface area contributed by atoms with E-state index in [-0.39, 0.29) is 23.7 Å². The second kappa shape index (κ2) is 6.49. The van der Waals surface area contributed by atoms with Gasteiger partial charge in [0.1, 0.15) is 5.57 Å². The molecule has 0 bridgehead atoms. The van der Waals surface area contributed by atoms with E-state index in [1.165, 1.54) is 14.1 Å². The van der Waals surface area contributed by atoms with Crippen molar-refractivity contribution in [1.82, 2.24) is 9.80 Å². The van der Waals surface area contributed by atoms with Crippen molar-refractivity contribution >= 4 is 17.8 Å². The smallest absolute Gasteiger partial charge is 0.333 e. The van der Waals surface area contributed by atoms with Gasteiger partial charge in [0, 0.05) is 33.5 Å². The first-order valence-corrected chi connectivity index (χ1v) is 8.09. The molecule has 24 heavy (non-hydrogen) atoms. The van der Waals surface area contributed by atoms with Crippen LogP contribution in [0.3, 0.4) is 0 Å². The third kappa shape index (κ3) is 2.89. The highest BCUT2D eigenvalue weighted by molar-refractivity contribution is 6.28. The van der Waals surface area contributed by atoms with Crippen LogP contribution in [-0.2, 0) is 19.1 Å². The van der Waals surface area contributed by atoms with E-state index in [2.05, 4.69) is 6.08 Å². The molecule has 3 rings (SSSR count). The fraction of sp³-hybridized carbons (Fsp3) is 0.588. The molecule has 3 aliphatic rings. The van der Waals surface area contributed by atoms with Gasteiger partial charge < -0.3 is 9.47 Å². The van der Waals surface area contributed by atoms with E-state index in [4.69, 9.17) is 9.47 Å². The van der Waals surface area contributed by atoms with Gasteiger partial charge in [-0.1, -0.05) is 6.08 Å². The van der Waals surface area contributed by atoms with Crippen molar-refractivity contribution in [2.75, 3.05) is 27.8 Å². The summed E-state index contributed by atoms with van der Waals surface area (Å²) in [4.78, 5) is 38.1. The first-order valence-electron chi connectivity index (χ1n) is 8.09. The number of methoxy groups -OCH3 is 1. The number of fused-ring (bicyclic) bond motifs is 1. The lowest BCUT2D eigenvalue weighted by Gasteiger charge is -2.37. The van der Waals surface area contributed by atoms with Gasteiger partial charge in [-0.05, 0) is 24.5 Å². The summed E-state index contributed by atoms with van der Waals surface area (Å²) < 4.78 is 11.3. The molecule has 7 heteroatoms. The predicted molar refractivity (Wildman–Crippen MR) is 85.0 cm³/mol. The number of imide groups is 2. The van der Waals surface area contributed by atoms with Crippen molar-refractivity contribution in [2.24, 2.45) is 5.92 Å². The summed E-state index contributed by atoms with van der Waals surface area (Å²) >= 11 is 0. The van der Waals surface area contributed by atoms with E-state index >= 15 is 0 Å². The molecule has 2 heterocycles. The van der Waals surface area contributed by atoms with Gasteiger partial charge in [-0.2, -0.15) is 0 Å². The molecule has 4 amide bonds. The minimum Gasteiger partial charge on any atom is -0.381 e. The molecule has 0 aromatic rings. The summed E-state index contributed by atoms with van der Waals surface area (Å²) in [5.74, 6) is -0.883. The molecule has 3 atom stereocenters. The monoisotopic (exact) mass is 334 g/mol. The van der Waals surface area contributed by atoms with Crippen LogP contribution >= 0.6 is 0 Å². The molecular formula is C17H22N2O5. The van der Waals surface area contributed by atoms with E-state index in [9.17, 15) is 14.4 Å². The highest BCUT2D eigenvalue weighted by Crippen LogP contribution is 2.34. The average Bonchev–Trinajstić information content (AvgIpc) is 2.61. The number of nitrogens with zero attached hydrogens (tertiary/aromatic N) is 2. The largest absolute Gasteiger partial charge is 0.381 e. The zero-order valence-electron chi connectivity index (χ0n) is 14.2. The molecule has 0 aromatic carbocycles. The molecule has 2 fully saturated rings. The summed E-state index contributed by atoms with van der Waals surface area (Å²) in [6.07, 6.45) is 6.78. The van der Waals surface area contributed by atoms with Crippen LogP contribution < -0.4 is 0 Å². The maximum Gasteiger partial charge on any atom is 0.333 e. The Morgan fingerprint density at radius 2 is 1.83 bits per heavy atom. The molecule has 0 N–H and O–H groups in total. The summed E-state index contributed by atoms with van der Waals surface area (Å²) in [7, 11) is 4.46. The van der Waals surface area contributed by atoms with Crippen molar-refractivity contribution in [3.8, 4) is 0 Å². The minimum atomic E-state index is -0.617. The summed E-state index contributed by atoms with van der Waals surface area (Å²) in [6, 6.07) is -0.617. The van der Waals surface area contributed by atoms with Crippen molar-refractivity contribution in [3.05, 3.63) is 23.3 Å². The molecule has 2 aliphatic heterocycles. The number of barbiturate groups is 1. The zero-order chi connectivity index (χ0) is 17.4. The third-order valence-corrected chi connectivity index (χ3v) is 4.99. The van der Waals surface area contributed by atoms with Gasteiger partial charge in [-0.3, -0.25) is 19.4 Å². The van der Waals surface area contributed by atoms with E-state index in [1.54, 1.807) is 13.2 Å². The highest BCUT2D eigenvalue weighted by atomic mass is 16.5. The highest BCUT2D eigenvalue weighted by Gasteiger charge is 2.38. The molecule has 130 valence electrons. The van der Waals surface area contributed by atoms with Crippen molar-refractivity contribution in [2.45, 2.75) is 31.5 Å². The molecule has 0 spiro atoms. The second-order valence-electron chi connectivity index (χ2n) is 6.49. The third-order valence-electron chi connectivity index (χ3n) is 4.99. The number of urea groups is 1. The Kier molecular flexibility index (Phi) is 4.56. The van der Waals surface area contributed by atoms with E-state index in [0.717, 1.165) is 34.6 Å². The Morgan fingerprint density at radius 1 is 1.17 bits per heavy atom. The van der Waals surface area contributed by atoms with Crippen LogP contribution in [0.4, 0.5) is 4.79 Å². The molecule has 1 aliphatic carbocycles. The normalized spacial score (nSPS) is 31.1. The van der Waals surface area contributed by atoms with Gasteiger partial charge >= 0.3 is 6.03 Å². The lowest BCUT2D eigenvalue weighted by Crippen LogP contribution is -2.53. The van der Waals surface area contributed by atoms with Gasteiger partial charge in [0.25, 0.3) is 11.8 Å². The minimum absolute atomic E-state index is 0.00141. The maximum atomic E-state index is 12.2. The number of ether oxygens (including phenoxy) is 2. The van der Waals surface area contributed by atoms with Crippen LogP contribution in [0.2, 0.25) is 0 Å². The Hall–Kier alpha value is -1.99. The Morgan fingerprint density at radius 3 is 2.46 bits per heavy atom. The Bertz CT molecular complexity index is 613. The second-order valence-corrected chi connectivity index (χ2v) is 6.49. The fourth-order valence-corrected chi connectivity index (χ4v) is 3.49. The number of carbonyl (C=O) groups excluding carboxylic acids is 3. The molecule has 0 aromatic heterocycles. The molecule has 3 unspecified atom stereocenters. The molecular weight excluding hydrogens is 312 g/mol. The zero-order valence-corrected chi connectivity index (χ0v) is 14.2. The van der Waals surface area contributed by atoms with Crippen LogP contribution in [-0.4, -0.2) is 67.7 Å². The van der Waals surface area contributed by atoms with Gasteiger partial charge in [0.05, 0.1) is 18.8 Å². The number of likely N-dealkylation sites (N-methyl/N-ethyl adjacent to an activating group) is 2. The molecule has 7 nitrogen and oxygen atoms in total.